The van der Waals surface area contributed by atoms with E-state index in [9.17, 15) is 14.9 Å². The van der Waals surface area contributed by atoms with Gasteiger partial charge in [0.05, 0.1) is 21.6 Å². The molecule has 0 amide bonds. The molecule has 3 aromatic rings. The second-order valence-corrected chi connectivity index (χ2v) is 9.00. The number of hydrogen-bond acceptors (Lipinski definition) is 7. The van der Waals surface area contributed by atoms with E-state index in [1.54, 1.807) is 36.4 Å². The number of non-ortho nitro benzene ring substituents is 1. The van der Waals surface area contributed by atoms with E-state index < -0.39 is 10.9 Å². The van der Waals surface area contributed by atoms with E-state index in [-0.39, 0.29) is 23.9 Å². The van der Waals surface area contributed by atoms with Gasteiger partial charge in [-0.1, -0.05) is 24.3 Å². The van der Waals surface area contributed by atoms with Crippen molar-refractivity contribution in [2.75, 3.05) is 6.61 Å². The van der Waals surface area contributed by atoms with E-state index in [4.69, 9.17) is 14.2 Å². The molecule has 0 atom stereocenters. The Morgan fingerprint density at radius 2 is 1.86 bits per heavy atom. The van der Waals surface area contributed by atoms with E-state index >= 15 is 0 Å². The zero-order valence-corrected chi connectivity index (χ0v) is 21.5. The van der Waals surface area contributed by atoms with Crippen molar-refractivity contribution in [2.45, 2.75) is 13.5 Å². The van der Waals surface area contributed by atoms with Crippen LogP contribution in [0.15, 0.2) is 80.3 Å². The molecule has 1 heterocycles. The van der Waals surface area contributed by atoms with Crippen LogP contribution >= 0.6 is 31.9 Å². The molecule has 1 aliphatic heterocycles. The fraction of sp³-hybridized carbons (Fsp3) is 0.120. The molecular weight excluding hydrogens is 584 g/mol. The van der Waals surface area contributed by atoms with Gasteiger partial charge in [-0.05, 0) is 80.3 Å². The second kappa shape index (κ2) is 10.8. The number of nitro groups is 1. The van der Waals surface area contributed by atoms with Crippen molar-refractivity contribution in [3.05, 3.63) is 102 Å². The third-order valence-corrected chi connectivity index (χ3v) is 6.14. The molecule has 0 fully saturated rings. The van der Waals surface area contributed by atoms with Crippen LogP contribution in [0.4, 0.5) is 5.69 Å². The van der Waals surface area contributed by atoms with Crippen LogP contribution in [0.3, 0.4) is 0 Å². The molecule has 4 rings (SSSR count). The van der Waals surface area contributed by atoms with Gasteiger partial charge in [-0.2, -0.15) is 0 Å². The minimum absolute atomic E-state index is 0.0110. The zero-order chi connectivity index (χ0) is 24.9. The van der Waals surface area contributed by atoms with Crippen molar-refractivity contribution in [1.82, 2.24) is 0 Å². The van der Waals surface area contributed by atoms with Crippen molar-refractivity contribution >= 4 is 55.5 Å². The Hall–Kier alpha value is -3.50. The van der Waals surface area contributed by atoms with Crippen LogP contribution in [0.25, 0.3) is 6.08 Å². The van der Waals surface area contributed by atoms with Crippen LogP contribution in [-0.2, 0) is 16.1 Å². The molecule has 0 saturated carbocycles. The van der Waals surface area contributed by atoms with Crippen LogP contribution < -0.4 is 9.47 Å². The number of carbonyl (C=O) groups is 1. The molecule has 0 aromatic heterocycles. The predicted molar refractivity (Wildman–Crippen MR) is 137 cm³/mol. The van der Waals surface area contributed by atoms with Crippen LogP contribution in [0.5, 0.6) is 11.5 Å². The number of esters is 1. The van der Waals surface area contributed by atoms with Gasteiger partial charge in [-0.25, -0.2) is 9.79 Å². The number of rotatable bonds is 8. The summed E-state index contributed by atoms with van der Waals surface area (Å²) in [6.45, 7) is 2.32. The molecule has 0 unspecified atom stereocenters. The number of nitro benzene ring substituents is 1. The normalized spacial score (nSPS) is 14.0. The van der Waals surface area contributed by atoms with Gasteiger partial charge in [-0.15, -0.1) is 0 Å². The van der Waals surface area contributed by atoms with Crippen molar-refractivity contribution in [3.8, 4) is 11.5 Å². The lowest BCUT2D eigenvalue weighted by Gasteiger charge is -2.15. The quantitative estimate of drug-likeness (QED) is 0.127. The molecule has 0 aliphatic carbocycles. The first-order chi connectivity index (χ1) is 16.9. The maximum atomic E-state index is 12.4. The molecule has 3 aromatic carbocycles. The van der Waals surface area contributed by atoms with Crippen LogP contribution in [0.2, 0.25) is 0 Å². The van der Waals surface area contributed by atoms with Crippen LogP contribution in [-0.4, -0.2) is 23.4 Å². The summed E-state index contributed by atoms with van der Waals surface area (Å²) in [5.41, 5.74) is 2.10. The Kier molecular flexibility index (Phi) is 7.62. The minimum atomic E-state index is -0.559. The topological polar surface area (TPSA) is 100 Å². The van der Waals surface area contributed by atoms with Crippen LogP contribution in [0, 0.1) is 10.1 Å². The highest BCUT2D eigenvalue weighted by Crippen LogP contribution is 2.38. The van der Waals surface area contributed by atoms with Crippen LogP contribution in [0.1, 0.15) is 23.6 Å². The second-order valence-electron chi connectivity index (χ2n) is 7.29. The average Bonchev–Trinajstić information content (AvgIpc) is 3.19. The van der Waals surface area contributed by atoms with Crippen molar-refractivity contribution < 1.29 is 23.9 Å². The number of halogens is 2. The van der Waals surface area contributed by atoms with Gasteiger partial charge in [0.1, 0.15) is 6.61 Å². The van der Waals surface area contributed by atoms with E-state index in [1.165, 1.54) is 12.1 Å². The number of carbonyl (C=O) groups excluding carboxylic acids is 1. The summed E-state index contributed by atoms with van der Waals surface area (Å²) in [5.74, 6) is 0.540. The van der Waals surface area contributed by atoms with E-state index in [0.29, 0.717) is 39.3 Å². The van der Waals surface area contributed by atoms with Gasteiger partial charge < -0.3 is 14.2 Å². The molecule has 1 aliphatic rings. The van der Waals surface area contributed by atoms with E-state index in [2.05, 4.69) is 36.9 Å². The minimum Gasteiger partial charge on any atom is -0.490 e. The highest BCUT2D eigenvalue weighted by Gasteiger charge is 2.25. The molecule has 0 bridgehead atoms. The van der Waals surface area contributed by atoms with Crippen molar-refractivity contribution in [1.29, 1.82) is 0 Å². The van der Waals surface area contributed by atoms with E-state index in [1.807, 2.05) is 25.1 Å². The molecule has 178 valence electrons. The third kappa shape index (κ3) is 5.77. The lowest BCUT2D eigenvalue weighted by atomic mass is 10.1. The average molecular weight is 602 g/mol. The summed E-state index contributed by atoms with van der Waals surface area (Å²) in [5, 5.41) is 11.0. The monoisotopic (exact) mass is 600 g/mol. The fourth-order valence-corrected chi connectivity index (χ4v) is 4.34. The molecule has 0 spiro atoms. The number of aliphatic imine (C=N–C) groups is 1. The summed E-state index contributed by atoms with van der Waals surface area (Å²) in [4.78, 5) is 27.4. The highest BCUT2D eigenvalue weighted by molar-refractivity contribution is 9.10. The Bertz CT molecular complexity index is 1370. The molecule has 0 radical (unpaired) electrons. The maximum absolute atomic E-state index is 12.4. The molecule has 35 heavy (non-hydrogen) atoms. The molecule has 10 heteroatoms. The number of cyclic esters (lactones) is 1. The summed E-state index contributed by atoms with van der Waals surface area (Å²) in [6, 6.07) is 17.0. The molecule has 0 N–H and O–H groups in total. The Morgan fingerprint density at radius 1 is 1.06 bits per heavy atom. The lowest BCUT2D eigenvalue weighted by Crippen LogP contribution is -2.06. The first-order valence-corrected chi connectivity index (χ1v) is 12.0. The summed E-state index contributed by atoms with van der Waals surface area (Å²) in [6.07, 6.45) is 1.60. The van der Waals surface area contributed by atoms with Gasteiger partial charge in [0.15, 0.2) is 17.2 Å². The SMILES string of the molecule is CCOc1cc(/C=C2\N=C(c3ccccc3Br)OC2=O)cc(Br)c1OCc1cccc([N+](=O)[O-])c1. The first kappa shape index (κ1) is 24.6. The molecular formula is C25H18Br2N2O6. The van der Waals surface area contributed by atoms with Gasteiger partial charge >= 0.3 is 5.97 Å². The smallest absolute Gasteiger partial charge is 0.363 e. The fourth-order valence-electron chi connectivity index (χ4n) is 3.31. The third-order valence-electron chi connectivity index (χ3n) is 4.86. The Labute approximate surface area is 217 Å². The standard InChI is InChI=1S/C25H18Br2N2O6/c1-2-33-22-13-16(12-21-25(30)35-24(28-21)18-8-3-4-9-19(18)26)11-20(27)23(22)34-14-15-6-5-7-17(10-15)29(31)32/h3-13H,2,14H2,1H3/b21-12-. The number of hydrogen-bond donors (Lipinski definition) is 0. The maximum Gasteiger partial charge on any atom is 0.363 e. The molecule has 8 nitrogen and oxygen atoms in total. The number of benzene rings is 3. The Morgan fingerprint density at radius 3 is 2.60 bits per heavy atom. The largest absolute Gasteiger partial charge is 0.490 e. The Balaban J connectivity index is 1.61. The number of ether oxygens (including phenoxy) is 3. The summed E-state index contributed by atoms with van der Waals surface area (Å²) < 4.78 is 18.4. The summed E-state index contributed by atoms with van der Waals surface area (Å²) >= 11 is 6.94. The van der Waals surface area contributed by atoms with Gasteiger partial charge in [0.25, 0.3) is 5.69 Å². The van der Waals surface area contributed by atoms with Crippen molar-refractivity contribution in [2.24, 2.45) is 4.99 Å². The van der Waals surface area contributed by atoms with Crippen molar-refractivity contribution in [3.63, 3.8) is 0 Å². The van der Waals surface area contributed by atoms with E-state index in [0.717, 1.165) is 4.47 Å². The highest BCUT2D eigenvalue weighted by atomic mass is 79.9. The summed E-state index contributed by atoms with van der Waals surface area (Å²) in [7, 11) is 0. The first-order valence-electron chi connectivity index (χ1n) is 10.5. The van der Waals surface area contributed by atoms with Gasteiger partial charge in [-0.3, -0.25) is 10.1 Å². The predicted octanol–water partition coefficient (Wildman–Crippen LogP) is 6.44. The van der Waals surface area contributed by atoms with Gasteiger partial charge in [0, 0.05) is 16.6 Å². The lowest BCUT2D eigenvalue weighted by molar-refractivity contribution is -0.384. The number of nitrogens with zero attached hydrogens (tertiary/aromatic N) is 2. The zero-order valence-electron chi connectivity index (χ0n) is 18.4. The van der Waals surface area contributed by atoms with Gasteiger partial charge in [0.2, 0.25) is 5.90 Å². The molecule has 0 saturated heterocycles.